The molecule has 0 unspecified atom stereocenters. The van der Waals surface area contributed by atoms with Crippen LogP contribution in [0.3, 0.4) is 0 Å². The number of hydrogen-bond acceptors (Lipinski definition) is 4. The third-order valence-corrected chi connectivity index (χ3v) is 2.87. The summed E-state index contributed by atoms with van der Waals surface area (Å²) in [7, 11) is 1.74. The first-order chi connectivity index (χ1) is 9.63. The van der Waals surface area contributed by atoms with E-state index in [9.17, 15) is 4.79 Å². The molecule has 0 saturated carbocycles. The van der Waals surface area contributed by atoms with Crippen LogP contribution >= 0.6 is 11.6 Å². The van der Waals surface area contributed by atoms with Crippen molar-refractivity contribution in [1.29, 1.82) is 5.26 Å². The summed E-state index contributed by atoms with van der Waals surface area (Å²) in [6.07, 6.45) is 1.46. The Labute approximate surface area is 121 Å². The van der Waals surface area contributed by atoms with Crippen LogP contribution in [0.25, 0.3) is 0 Å². The van der Waals surface area contributed by atoms with Gasteiger partial charge in [-0.3, -0.25) is 4.79 Å². The molecule has 0 saturated heterocycles. The third-order valence-electron chi connectivity index (χ3n) is 2.63. The number of aromatic nitrogens is 1. The lowest BCUT2D eigenvalue weighted by Crippen LogP contribution is -2.13. The second-order valence-corrected chi connectivity index (χ2v) is 4.37. The van der Waals surface area contributed by atoms with Crippen LogP contribution in [-0.2, 0) is 0 Å². The van der Waals surface area contributed by atoms with E-state index in [1.54, 1.807) is 31.3 Å². The number of nitrogens with one attached hydrogen (secondary N) is 2. The Morgan fingerprint density at radius 2 is 2.15 bits per heavy atom. The average Bonchev–Trinajstić information content (AvgIpc) is 2.47. The zero-order chi connectivity index (χ0) is 14.5. The van der Waals surface area contributed by atoms with Gasteiger partial charge in [-0.25, -0.2) is 4.98 Å². The number of benzene rings is 1. The second kappa shape index (κ2) is 6.04. The molecule has 1 aromatic carbocycles. The summed E-state index contributed by atoms with van der Waals surface area (Å²) in [4.78, 5) is 16.1. The average molecular weight is 287 g/mol. The van der Waals surface area contributed by atoms with Gasteiger partial charge in [0.1, 0.15) is 11.9 Å². The summed E-state index contributed by atoms with van der Waals surface area (Å²) in [5, 5.41) is 15.0. The van der Waals surface area contributed by atoms with E-state index in [-0.39, 0.29) is 5.91 Å². The number of hydrogen-bond donors (Lipinski definition) is 2. The first-order valence-electron chi connectivity index (χ1n) is 5.79. The van der Waals surface area contributed by atoms with E-state index in [0.29, 0.717) is 27.7 Å². The molecule has 20 heavy (non-hydrogen) atoms. The van der Waals surface area contributed by atoms with Crippen LogP contribution in [0, 0.1) is 11.3 Å². The highest BCUT2D eigenvalue weighted by molar-refractivity contribution is 6.31. The minimum atomic E-state index is -0.348. The molecule has 0 bridgehead atoms. The van der Waals surface area contributed by atoms with Crippen LogP contribution in [0.15, 0.2) is 36.5 Å². The van der Waals surface area contributed by atoms with Gasteiger partial charge in [0.2, 0.25) is 0 Å². The minimum Gasteiger partial charge on any atom is -0.373 e. The van der Waals surface area contributed by atoms with E-state index in [1.807, 2.05) is 6.07 Å². The van der Waals surface area contributed by atoms with E-state index in [0.717, 1.165) is 0 Å². The van der Waals surface area contributed by atoms with Crippen LogP contribution in [-0.4, -0.2) is 17.9 Å². The Kier molecular flexibility index (Phi) is 4.18. The molecule has 2 N–H and O–H groups in total. The van der Waals surface area contributed by atoms with Crippen LogP contribution in [0.4, 0.5) is 11.5 Å². The molecule has 0 fully saturated rings. The van der Waals surface area contributed by atoms with Gasteiger partial charge in [0.05, 0.1) is 16.8 Å². The minimum absolute atomic E-state index is 0.348. The smallest absolute Gasteiger partial charge is 0.257 e. The fourth-order valence-electron chi connectivity index (χ4n) is 1.59. The van der Waals surface area contributed by atoms with Crippen molar-refractivity contribution in [2.24, 2.45) is 0 Å². The molecular formula is C14H11ClN4O. The maximum absolute atomic E-state index is 12.1. The van der Waals surface area contributed by atoms with Crippen molar-refractivity contribution in [2.75, 3.05) is 17.7 Å². The summed E-state index contributed by atoms with van der Waals surface area (Å²) in [5.74, 6) is 0.320. The third kappa shape index (κ3) is 3.05. The molecule has 1 aromatic heterocycles. The van der Waals surface area contributed by atoms with E-state index in [2.05, 4.69) is 15.6 Å². The maximum Gasteiger partial charge on any atom is 0.257 e. The summed E-state index contributed by atoms with van der Waals surface area (Å²) in [6.45, 7) is 0. The predicted octanol–water partition coefficient (Wildman–Crippen LogP) is 2.90. The summed E-state index contributed by atoms with van der Waals surface area (Å²) in [6, 6.07) is 10.0. The van der Waals surface area contributed by atoms with Crippen molar-refractivity contribution in [2.45, 2.75) is 0 Å². The fourth-order valence-corrected chi connectivity index (χ4v) is 1.76. The molecule has 2 rings (SSSR count). The lowest BCUT2D eigenvalue weighted by atomic mass is 10.2. The Morgan fingerprint density at radius 3 is 2.75 bits per heavy atom. The van der Waals surface area contributed by atoms with Crippen LogP contribution < -0.4 is 10.6 Å². The number of halogens is 1. The topological polar surface area (TPSA) is 77.8 Å². The molecule has 0 aliphatic heterocycles. The molecule has 0 radical (unpaired) electrons. The molecule has 2 aromatic rings. The molecule has 0 aliphatic carbocycles. The van der Waals surface area contributed by atoms with Gasteiger partial charge in [-0.1, -0.05) is 11.6 Å². The van der Waals surface area contributed by atoms with E-state index < -0.39 is 0 Å². The van der Waals surface area contributed by atoms with Crippen LogP contribution in [0.5, 0.6) is 0 Å². The number of anilines is 2. The Morgan fingerprint density at radius 1 is 1.35 bits per heavy atom. The Bertz CT molecular complexity index is 677. The molecule has 1 amide bonds. The molecule has 0 spiro atoms. The molecular weight excluding hydrogens is 276 g/mol. The van der Waals surface area contributed by atoms with Gasteiger partial charge in [-0.05, 0) is 30.3 Å². The number of rotatable bonds is 3. The van der Waals surface area contributed by atoms with Gasteiger partial charge >= 0.3 is 0 Å². The van der Waals surface area contributed by atoms with Crippen molar-refractivity contribution in [3.05, 3.63) is 52.7 Å². The van der Waals surface area contributed by atoms with Gasteiger partial charge in [0.15, 0.2) is 0 Å². The summed E-state index contributed by atoms with van der Waals surface area (Å²) < 4.78 is 0. The van der Waals surface area contributed by atoms with Crippen LogP contribution in [0.2, 0.25) is 5.02 Å². The Hall–Kier alpha value is -2.58. The highest BCUT2D eigenvalue weighted by Crippen LogP contribution is 2.21. The number of nitriles is 1. The number of carbonyl (C=O) groups excluding carboxylic acids is 1. The largest absolute Gasteiger partial charge is 0.373 e. The van der Waals surface area contributed by atoms with Crippen molar-refractivity contribution in [3.8, 4) is 6.07 Å². The SMILES string of the molecule is CNc1ccc(C(=O)Nc2cc(Cl)ccc2C#N)cn1. The number of nitrogens with zero attached hydrogens (tertiary/aromatic N) is 2. The van der Waals surface area contributed by atoms with Crippen molar-refractivity contribution >= 4 is 29.0 Å². The lowest BCUT2D eigenvalue weighted by Gasteiger charge is -2.07. The molecule has 6 heteroatoms. The van der Waals surface area contributed by atoms with E-state index in [1.165, 1.54) is 12.3 Å². The first kappa shape index (κ1) is 13.8. The molecule has 0 aliphatic rings. The van der Waals surface area contributed by atoms with Crippen molar-refractivity contribution < 1.29 is 4.79 Å². The second-order valence-electron chi connectivity index (χ2n) is 3.94. The maximum atomic E-state index is 12.1. The normalized spacial score (nSPS) is 9.65. The predicted molar refractivity (Wildman–Crippen MR) is 77.9 cm³/mol. The summed E-state index contributed by atoms with van der Waals surface area (Å²) in [5.41, 5.74) is 1.12. The van der Waals surface area contributed by atoms with Crippen molar-refractivity contribution in [1.82, 2.24) is 4.98 Å². The number of amides is 1. The van der Waals surface area contributed by atoms with Gasteiger partial charge in [0.25, 0.3) is 5.91 Å². The standard InChI is InChI=1S/C14H11ClN4O/c1-17-13-5-3-10(8-18-13)14(20)19-12-6-11(15)4-2-9(12)7-16/h2-6,8H,1H3,(H,17,18)(H,19,20). The highest BCUT2D eigenvalue weighted by Gasteiger charge is 2.10. The molecule has 0 atom stereocenters. The summed E-state index contributed by atoms with van der Waals surface area (Å²) >= 11 is 5.86. The van der Waals surface area contributed by atoms with Gasteiger partial charge < -0.3 is 10.6 Å². The zero-order valence-electron chi connectivity index (χ0n) is 10.6. The zero-order valence-corrected chi connectivity index (χ0v) is 11.4. The lowest BCUT2D eigenvalue weighted by molar-refractivity contribution is 0.102. The number of pyridine rings is 1. The molecule has 5 nitrogen and oxygen atoms in total. The molecule has 100 valence electrons. The number of carbonyl (C=O) groups is 1. The quantitative estimate of drug-likeness (QED) is 0.909. The molecule has 1 heterocycles. The van der Waals surface area contributed by atoms with E-state index >= 15 is 0 Å². The van der Waals surface area contributed by atoms with Gasteiger partial charge in [-0.2, -0.15) is 5.26 Å². The highest BCUT2D eigenvalue weighted by atomic mass is 35.5. The Balaban J connectivity index is 2.23. The fraction of sp³-hybridized carbons (Fsp3) is 0.0714. The van der Waals surface area contributed by atoms with Gasteiger partial charge in [-0.15, -0.1) is 0 Å². The van der Waals surface area contributed by atoms with Gasteiger partial charge in [0, 0.05) is 18.3 Å². The first-order valence-corrected chi connectivity index (χ1v) is 6.16. The van der Waals surface area contributed by atoms with Crippen LogP contribution in [0.1, 0.15) is 15.9 Å². The monoisotopic (exact) mass is 286 g/mol. The van der Waals surface area contributed by atoms with E-state index in [4.69, 9.17) is 16.9 Å². The van der Waals surface area contributed by atoms with Crippen molar-refractivity contribution in [3.63, 3.8) is 0 Å².